The van der Waals surface area contributed by atoms with Gasteiger partial charge in [-0.25, -0.2) is 15.0 Å². The number of hydrogen-bond donors (Lipinski definition) is 0. The summed E-state index contributed by atoms with van der Waals surface area (Å²) in [4.78, 5) is 20.2. The Labute approximate surface area is 435 Å². The Balaban J connectivity index is 1.08. The second-order valence-electron chi connectivity index (χ2n) is 18.3. The molecular weight excluding hydrogens is 933 g/mol. The molecule has 10 nitrogen and oxygen atoms in total. The summed E-state index contributed by atoms with van der Waals surface area (Å²) in [5.41, 5.74) is 14.7. The minimum Gasteiger partial charge on any atom is -0.309 e. The van der Waals surface area contributed by atoms with Gasteiger partial charge in [-0.05, 0) is 107 Å². The van der Waals surface area contributed by atoms with E-state index in [0.29, 0.717) is 39.7 Å². The van der Waals surface area contributed by atoms with Crippen LogP contribution in [-0.4, -0.2) is 29.1 Å². The SMILES string of the molecule is N#Cc1ccc(-c2ccc3c(c2)c2ccccc2n3-c2ccc(-c3nc(-c4ccccc4)nc(-c4ccccc4)n3)cc2-c2ccncc2-n2c3ccccc3c3cc(-c4ccc(C#N)cc4C#N)ccc32)c(C#N)c1. The minimum absolute atomic E-state index is 0.427. The fourth-order valence-electron chi connectivity index (χ4n) is 10.5. The highest BCUT2D eigenvalue weighted by Crippen LogP contribution is 2.44. The van der Waals surface area contributed by atoms with E-state index in [1.807, 2.05) is 122 Å². The van der Waals surface area contributed by atoms with Crippen LogP contribution in [0, 0.1) is 45.3 Å². The maximum Gasteiger partial charge on any atom is 0.164 e. The van der Waals surface area contributed by atoms with Gasteiger partial charge in [0.05, 0.1) is 86.2 Å². The highest BCUT2D eigenvalue weighted by atomic mass is 15.0. The van der Waals surface area contributed by atoms with Crippen LogP contribution in [0.3, 0.4) is 0 Å². The Morgan fingerprint density at radius 1 is 0.316 bits per heavy atom. The Bertz CT molecular complexity index is 4640. The zero-order valence-corrected chi connectivity index (χ0v) is 40.3. The number of pyridine rings is 1. The molecule has 13 rings (SSSR count). The van der Waals surface area contributed by atoms with Crippen molar-refractivity contribution in [1.29, 1.82) is 21.0 Å². The Hall–Kier alpha value is -11.3. The van der Waals surface area contributed by atoms with Crippen molar-refractivity contribution in [2.45, 2.75) is 0 Å². The standard InChI is InChI=1S/C66H36N10/c67-36-41-19-24-50(48(31-41)38-69)45-21-26-60-55(33-45)52-15-7-9-17-58(52)75(60)61-28-23-47(66-73-64(43-11-3-1-4-12-43)72-65(74-66)44-13-5-2-6-14-44)35-57(61)54-29-30-71-40-63(54)76-59-18-10-8-16-53(59)56-34-46(22-27-62(56)76)51-25-20-42(37-68)32-49(51)39-70/h1-35,40H. The quantitative estimate of drug-likeness (QED) is 0.146. The topological polar surface area (TPSA) is 157 Å². The second kappa shape index (κ2) is 18.4. The van der Waals surface area contributed by atoms with Crippen LogP contribution < -0.4 is 0 Å². The Morgan fingerprint density at radius 3 is 1.29 bits per heavy atom. The van der Waals surface area contributed by atoms with E-state index in [-0.39, 0.29) is 0 Å². The van der Waals surface area contributed by atoms with Crippen molar-refractivity contribution in [3.63, 3.8) is 0 Å². The van der Waals surface area contributed by atoms with Crippen molar-refractivity contribution in [1.82, 2.24) is 29.1 Å². The third-order valence-corrected chi connectivity index (χ3v) is 14.0. The minimum atomic E-state index is 0.427. The van der Waals surface area contributed by atoms with Gasteiger partial charge < -0.3 is 9.13 Å². The lowest BCUT2D eigenvalue weighted by atomic mass is 9.97. The third-order valence-electron chi connectivity index (χ3n) is 14.0. The predicted molar refractivity (Wildman–Crippen MR) is 298 cm³/mol. The summed E-state index contributed by atoms with van der Waals surface area (Å²) in [5.74, 6) is 1.60. The molecule has 0 fully saturated rings. The van der Waals surface area contributed by atoms with Crippen molar-refractivity contribution in [2.24, 2.45) is 0 Å². The molecule has 0 atom stereocenters. The number of rotatable bonds is 8. The summed E-state index contributed by atoms with van der Waals surface area (Å²) < 4.78 is 4.55. The van der Waals surface area contributed by atoms with E-state index >= 15 is 0 Å². The molecule has 0 saturated carbocycles. The first-order valence-electron chi connectivity index (χ1n) is 24.4. The molecule has 0 radical (unpaired) electrons. The van der Waals surface area contributed by atoms with Crippen LogP contribution in [0.2, 0.25) is 0 Å². The zero-order chi connectivity index (χ0) is 51.3. The summed E-state index contributed by atoms with van der Waals surface area (Å²) in [6, 6.07) is 76.9. The molecule has 0 amide bonds. The summed E-state index contributed by atoms with van der Waals surface area (Å²) >= 11 is 0. The van der Waals surface area contributed by atoms with E-state index in [0.717, 1.165) is 105 Å². The lowest BCUT2D eigenvalue weighted by Crippen LogP contribution is -2.04. The van der Waals surface area contributed by atoms with Gasteiger partial charge in [0.15, 0.2) is 17.5 Å². The van der Waals surface area contributed by atoms with Gasteiger partial charge in [0.25, 0.3) is 0 Å². The number of benzene rings is 9. The van der Waals surface area contributed by atoms with Gasteiger partial charge in [0.1, 0.15) is 0 Å². The number of nitrogens with zero attached hydrogens (tertiary/aromatic N) is 10. The molecule has 4 aromatic heterocycles. The molecule has 0 N–H and O–H groups in total. The molecule has 0 bridgehead atoms. The highest BCUT2D eigenvalue weighted by molar-refractivity contribution is 6.13. The first kappa shape index (κ1) is 44.6. The molecule has 10 heteroatoms. The van der Waals surface area contributed by atoms with Crippen LogP contribution >= 0.6 is 0 Å². The van der Waals surface area contributed by atoms with Gasteiger partial charge in [0, 0.05) is 55.6 Å². The summed E-state index contributed by atoms with van der Waals surface area (Å²) in [6.07, 6.45) is 3.73. The van der Waals surface area contributed by atoms with Crippen LogP contribution in [0.15, 0.2) is 219 Å². The molecule has 13 aromatic rings. The van der Waals surface area contributed by atoms with Crippen LogP contribution in [-0.2, 0) is 0 Å². The van der Waals surface area contributed by atoms with Crippen LogP contribution in [0.4, 0.5) is 0 Å². The van der Waals surface area contributed by atoms with Gasteiger partial charge in [-0.1, -0.05) is 121 Å². The van der Waals surface area contributed by atoms with E-state index in [2.05, 4.69) is 106 Å². The molecule has 4 heterocycles. The van der Waals surface area contributed by atoms with E-state index in [4.69, 9.17) is 19.9 Å². The summed E-state index contributed by atoms with van der Waals surface area (Å²) in [7, 11) is 0. The maximum absolute atomic E-state index is 10.2. The van der Waals surface area contributed by atoms with Gasteiger partial charge >= 0.3 is 0 Å². The largest absolute Gasteiger partial charge is 0.309 e. The molecule has 0 aliphatic heterocycles. The van der Waals surface area contributed by atoms with Crippen molar-refractivity contribution in [2.75, 3.05) is 0 Å². The normalized spacial score (nSPS) is 11.1. The molecule has 76 heavy (non-hydrogen) atoms. The summed E-state index contributed by atoms with van der Waals surface area (Å²) in [5, 5.41) is 43.7. The van der Waals surface area contributed by atoms with Gasteiger partial charge in [-0.2, -0.15) is 21.0 Å². The van der Waals surface area contributed by atoms with Crippen molar-refractivity contribution in [3.05, 3.63) is 241 Å². The maximum atomic E-state index is 10.2. The fraction of sp³-hybridized carbons (Fsp3) is 0. The lowest BCUT2D eigenvalue weighted by Gasteiger charge is -2.19. The van der Waals surface area contributed by atoms with Gasteiger partial charge in [-0.15, -0.1) is 0 Å². The van der Waals surface area contributed by atoms with Gasteiger partial charge in [0.2, 0.25) is 0 Å². The van der Waals surface area contributed by atoms with Crippen LogP contribution in [0.25, 0.3) is 123 Å². The lowest BCUT2D eigenvalue weighted by molar-refractivity contribution is 1.07. The smallest absolute Gasteiger partial charge is 0.164 e. The van der Waals surface area contributed by atoms with E-state index in [1.54, 1.807) is 24.3 Å². The van der Waals surface area contributed by atoms with Crippen molar-refractivity contribution in [3.8, 4) is 103 Å². The van der Waals surface area contributed by atoms with Gasteiger partial charge in [-0.3, -0.25) is 4.98 Å². The first-order valence-corrected chi connectivity index (χ1v) is 24.4. The van der Waals surface area contributed by atoms with Crippen molar-refractivity contribution < 1.29 is 0 Å². The van der Waals surface area contributed by atoms with E-state index in [1.165, 1.54) is 0 Å². The number of fused-ring (bicyclic) bond motifs is 6. The number of nitriles is 4. The zero-order valence-electron chi connectivity index (χ0n) is 40.3. The number of para-hydroxylation sites is 2. The fourth-order valence-corrected chi connectivity index (χ4v) is 10.5. The molecule has 350 valence electrons. The molecule has 0 spiro atoms. The monoisotopic (exact) mass is 968 g/mol. The molecule has 9 aromatic carbocycles. The van der Waals surface area contributed by atoms with Crippen LogP contribution in [0.1, 0.15) is 22.3 Å². The van der Waals surface area contributed by atoms with E-state index < -0.39 is 0 Å². The molecule has 0 aliphatic carbocycles. The average Bonchev–Trinajstić information content (AvgIpc) is 4.10. The van der Waals surface area contributed by atoms with Crippen LogP contribution in [0.5, 0.6) is 0 Å². The average molecular weight is 969 g/mol. The Morgan fingerprint density at radius 2 is 0.776 bits per heavy atom. The highest BCUT2D eigenvalue weighted by Gasteiger charge is 2.24. The summed E-state index contributed by atoms with van der Waals surface area (Å²) in [6.45, 7) is 0. The first-order chi connectivity index (χ1) is 37.5. The van der Waals surface area contributed by atoms with E-state index in [9.17, 15) is 21.0 Å². The molecule has 0 aliphatic rings. The third kappa shape index (κ3) is 7.47. The molecule has 0 unspecified atom stereocenters. The number of aromatic nitrogens is 6. The molecular formula is C66H36N10. The second-order valence-corrected chi connectivity index (χ2v) is 18.3. The van der Waals surface area contributed by atoms with Crippen molar-refractivity contribution >= 4 is 43.6 Å². The number of hydrogen-bond acceptors (Lipinski definition) is 8. The molecule has 0 saturated heterocycles. The Kier molecular flexibility index (Phi) is 10.8. The predicted octanol–water partition coefficient (Wildman–Crippen LogP) is 14.9.